The lowest BCUT2D eigenvalue weighted by Gasteiger charge is -2.19. The number of nitrogens with one attached hydrogen (secondary N) is 2. The molecule has 0 aliphatic rings. The van der Waals surface area contributed by atoms with Crippen molar-refractivity contribution in [3.63, 3.8) is 0 Å². The Balaban J connectivity index is 2.22. The first-order valence-corrected chi connectivity index (χ1v) is 5.60. The van der Waals surface area contributed by atoms with Crippen LogP contribution in [0, 0.1) is 0 Å². The van der Waals surface area contributed by atoms with Crippen molar-refractivity contribution >= 4 is 16.8 Å². The first kappa shape index (κ1) is 11.7. The molecule has 4 N–H and O–H groups in total. The van der Waals surface area contributed by atoms with Crippen molar-refractivity contribution < 1.29 is 4.79 Å². The van der Waals surface area contributed by atoms with Crippen LogP contribution in [-0.4, -0.2) is 23.0 Å². The summed E-state index contributed by atoms with van der Waals surface area (Å²) >= 11 is 0. The monoisotopic (exact) mass is 231 g/mol. The summed E-state index contributed by atoms with van der Waals surface area (Å²) < 4.78 is 0. The Kier molecular flexibility index (Phi) is 2.90. The molecular formula is C13H17N3O. The minimum Gasteiger partial charge on any atom is -0.361 e. The van der Waals surface area contributed by atoms with Gasteiger partial charge in [-0.2, -0.15) is 0 Å². The second-order valence-electron chi connectivity index (χ2n) is 4.92. The molecule has 4 nitrogen and oxygen atoms in total. The zero-order chi connectivity index (χ0) is 12.5. The van der Waals surface area contributed by atoms with Crippen LogP contribution in [0.4, 0.5) is 0 Å². The van der Waals surface area contributed by atoms with Gasteiger partial charge in [0.2, 0.25) is 0 Å². The van der Waals surface area contributed by atoms with E-state index in [4.69, 9.17) is 5.73 Å². The molecule has 2 rings (SSSR count). The number of aromatic nitrogens is 1. The van der Waals surface area contributed by atoms with Gasteiger partial charge in [-0.25, -0.2) is 0 Å². The summed E-state index contributed by atoms with van der Waals surface area (Å²) in [5.74, 6) is -0.100. The van der Waals surface area contributed by atoms with E-state index >= 15 is 0 Å². The third-order valence-corrected chi connectivity index (χ3v) is 2.54. The maximum atomic E-state index is 12.0. The van der Waals surface area contributed by atoms with Gasteiger partial charge >= 0.3 is 0 Å². The predicted octanol–water partition coefficient (Wildman–Crippen LogP) is 1.63. The zero-order valence-corrected chi connectivity index (χ0v) is 10.1. The Hall–Kier alpha value is -1.81. The molecule has 17 heavy (non-hydrogen) atoms. The number of carbonyl (C=O) groups is 1. The van der Waals surface area contributed by atoms with Gasteiger partial charge in [0.25, 0.3) is 5.91 Å². The van der Waals surface area contributed by atoms with Crippen LogP contribution in [0.3, 0.4) is 0 Å². The predicted molar refractivity (Wildman–Crippen MR) is 68.9 cm³/mol. The molecule has 1 amide bonds. The average Bonchev–Trinajstić information content (AvgIpc) is 2.72. The molecule has 0 bridgehead atoms. The number of H-pyrrole nitrogens is 1. The van der Waals surface area contributed by atoms with Gasteiger partial charge in [0, 0.05) is 23.7 Å². The fraction of sp³-hybridized carbons (Fsp3) is 0.308. The van der Waals surface area contributed by atoms with Gasteiger partial charge in [0.15, 0.2) is 0 Å². The van der Waals surface area contributed by atoms with E-state index in [1.165, 1.54) is 0 Å². The molecule has 0 aliphatic carbocycles. The minimum atomic E-state index is -0.403. The van der Waals surface area contributed by atoms with Crippen molar-refractivity contribution in [1.82, 2.24) is 10.3 Å². The van der Waals surface area contributed by atoms with E-state index in [-0.39, 0.29) is 5.91 Å². The Morgan fingerprint density at radius 3 is 2.88 bits per heavy atom. The maximum Gasteiger partial charge on any atom is 0.253 e. The number of fused-ring (bicyclic) bond motifs is 1. The van der Waals surface area contributed by atoms with Crippen LogP contribution >= 0.6 is 0 Å². The molecule has 1 aromatic heterocycles. The number of amides is 1. The molecule has 0 unspecified atom stereocenters. The third-order valence-electron chi connectivity index (χ3n) is 2.54. The van der Waals surface area contributed by atoms with Crippen molar-refractivity contribution in [2.75, 3.05) is 6.54 Å². The lowest BCUT2D eigenvalue weighted by molar-refractivity contribution is 0.0947. The number of hydrogen-bond donors (Lipinski definition) is 3. The van der Waals surface area contributed by atoms with Crippen LogP contribution < -0.4 is 11.1 Å². The van der Waals surface area contributed by atoms with Crippen molar-refractivity contribution in [3.8, 4) is 0 Å². The van der Waals surface area contributed by atoms with Crippen molar-refractivity contribution in [3.05, 3.63) is 36.0 Å². The van der Waals surface area contributed by atoms with Crippen LogP contribution in [0.5, 0.6) is 0 Å². The van der Waals surface area contributed by atoms with E-state index < -0.39 is 5.54 Å². The number of rotatable bonds is 3. The number of nitrogens with two attached hydrogens (primary N) is 1. The van der Waals surface area contributed by atoms with Crippen molar-refractivity contribution in [1.29, 1.82) is 0 Å². The number of benzene rings is 1. The molecule has 0 aliphatic heterocycles. The van der Waals surface area contributed by atoms with Crippen molar-refractivity contribution in [2.45, 2.75) is 19.4 Å². The Bertz CT molecular complexity index is 537. The van der Waals surface area contributed by atoms with E-state index in [0.29, 0.717) is 12.1 Å². The molecule has 0 radical (unpaired) electrons. The standard InChI is InChI=1S/C13H17N3O/c1-13(2,14)8-16-12(17)10-5-3-4-9-6-7-15-11(9)10/h3-7,15H,8,14H2,1-2H3,(H,16,17). The maximum absolute atomic E-state index is 12.0. The molecule has 4 heteroatoms. The van der Waals surface area contributed by atoms with Gasteiger partial charge in [0.05, 0.1) is 11.1 Å². The highest BCUT2D eigenvalue weighted by molar-refractivity contribution is 6.05. The highest BCUT2D eigenvalue weighted by Crippen LogP contribution is 2.16. The summed E-state index contributed by atoms with van der Waals surface area (Å²) in [7, 11) is 0. The van der Waals surface area contributed by atoms with Crippen LogP contribution in [0.15, 0.2) is 30.5 Å². The smallest absolute Gasteiger partial charge is 0.253 e. The fourth-order valence-corrected chi connectivity index (χ4v) is 1.68. The van der Waals surface area contributed by atoms with Gasteiger partial charge < -0.3 is 16.0 Å². The van der Waals surface area contributed by atoms with E-state index in [1.54, 1.807) is 6.07 Å². The number of carbonyl (C=O) groups excluding carboxylic acids is 1. The van der Waals surface area contributed by atoms with E-state index in [9.17, 15) is 4.79 Å². The molecule has 0 saturated heterocycles. The third kappa shape index (κ3) is 2.65. The molecule has 0 fully saturated rings. The van der Waals surface area contributed by atoms with Gasteiger partial charge in [-0.1, -0.05) is 12.1 Å². The van der Waals surface area contributed by atoms with E-state index in [0.717, 1.165) is 10.9 Å². The Morgan fingerprint density at radius 2 is 2.18 bits per heavy atom. The largest absolute Gasteiger partial charge is 0.361 e. The lowest BCUT2D eigenvalue weighted by atomic mass is 10.1. The lowest BCUT2D eigenvalue weighted by Crippen LogP contribution is -2.45. The highest BCUT2D eigenvalue weighted by atomic mass is 16.1. The van der Waals surface area contributed by atoms with Gasteiger partial charge in [-0.05, 0) is 26.0 Å². The first-order valence-electron chi connectivity index (χ1n) is 5.60. The van der Waals surface area contributed by atoms with Gasteiger partial charge in [-0.3, -0.25) is 4.79 Å². The van der Waals surface area contributed by atoms with E-state index in [1.807, 2.05) is 38.2 Å². The summed E-state index contributed by atoms with van der Waals surface area (Å²) in [6.45, 7) is 4.20. The van der Waals surface area contributed by atoms with Crippen LogP contribution in [0.25, 0.3) is 10.9 Å². The molecule has 1 aromatic carbocycles. The fourth-order valence-electron chi connectivity index (χ4n) is 1.68. The van der Waals surface area contributed by atoms with Crippen LogP contribution in [-0.2, 0) is 0 Å². The normalized spacial score (nSPS) is 11.7. The highest BCUT2D eigenvalue weighted by Gasteiger charge is 2.15. The molecule has 2 aromatic rings. The molecule has 90 valence electrons. The SMILES string of the molecule is CC(C)(N)CNC(=O)c1cccc2cc[nH]c12. The van der Waals surface area contributed by atoms with Gasteiger partial charge in [0.1, 0.15) is 0 Å². The minimum absolute atomic E-state index is 0.100. The first-order chi connectivity index (χ1) is 7.97. The van der Waals surface area contributed by atoms with Gasteiger partial charge in [-0.15, -0.1) is 0 Å². The topological polar surface area (TPSA) is 70.9 Å². The Labute approximate surface area is 100 Å². The van der Waals surface area contributed by atoms with Crippen LogP contribution in [0.1, 0.15) is 24.2 Å². The number of aromatic amines is 1. The molecule has 1 heterocycles. The summed E-state index contributed by atoms with van der Waals surface area (Å²) in [5, 5.41) is 3.87. The number of hydrogen-bond acceptors (Lipinski definition) is 2. The van der Waals surface area contributed by atoms with Crippen LogP contribution in [0.2, 0.25) is 0 Å². The summed E-state index contributed by atoms with van der Waals surface area (Å²) in [5.41, 5.74) is 6.94. The Morgan fingerprint density at radius 1 is 1.41 bits per heavy atom. The summed E-state index contributed by atoms with van der Waals surface area (Å²) in [4.78, 5) is 15.1. The number of para-hydroxylation sites is 1. The second-order valence-corrected chi connectivity index (χ2v) is 4.92. The average molecular weight is 231 g/mol. The summed E-state index contributed by atoms with van der Waals surface area (Å²) in [6.07, 6.45) is 1.83. The molecule has 0 saturated carbocycles. The summed E-state index contributed by atoms with van der Waals surface area (Å²) in [6, 6.07) is 7.59. The molecule has 0 spiro atoms. The molecular weight excluding hydrogens is 214 g/mol. The molecule has 0 atom stereocenters. The quantitative estimate of drug-likeness (QED) is 0.751. The zero-order valence-electron chi connectivity index (χ0n) is 10.1. The van der Waals surface area contributed by atoms with Crippen molar-refractivity contribution in [2.24, 2.45) is 5.73 Å². The second kappa shape index (κ2) is 4.22. The van der Waals surface area contributed by atoms with E-state index in [2.05, 4.69) is 10.3 Å².